The van der Waals surface area contributed by atoms with E-state index >= 15 is 0 Å². The highest BCUT2D eigenvalue weighted by Crippen LogP contribution is 2.13. The highest BCUT2D eigenvalue weighted by atomic mass is 127. The van der Waals surface area contributed by atoms with E-state index in [9.17, 15) is 4.79 Å². The maximum Gasteiger partial charge on any atom is 0.251 e. The Balaban J connectivity index is 0.00000320. The van der Waals surface area contributed by atoms with E-state index in [2.05, 4.69) is 38.1 Å². The molecule has 30 heavy (non-hydrogen) atoms. The van der Waals surface area contributed by atoms with Gasteiger partial charge in [-0.1, -0.05) is 30.3 Å². The molecule has 3 aromatic rings. The van der Waals surface area contributed by atoms with E-state index in [1.54, 1.807) is 26.6 Å². The first-order valence-electron chi connectivity index (χ1n) is 9.53. The number of nitrogens with one attached hydrogen (secondary N) is 3. The molecule has 0 aliphatic rings. The van der Waals surface area contributed by atoms with Gasteiger partial charge in [0.2, 0.25) is 0 Å². The number of aromatic nitrogens is 2. The quantitative estimate of drug-likeness (QED) is 0.255. The van der Waals surface area contributed by atoms with Crippen molar-refractivity contribution < 1.29 is 4.79 Å². The molecule has 1 aromatic heterocycles. The second-order valence-electron chi connectivity index (χ2n) is 6.48. The Morgan fingerprint density at radius 1 is 1.13 bits per heavy atom. The Morgan fingerprint density at radius 2 is 1.97 bits per heavy atom. The first kappa shape index (κ1) is 23.4. The fourth-order valence-electron chi connectivity index (χ4n) is 3.05. The number of imidazole rings is 1. The predicted octanol–water partition coefficient (Wildman–Crippen LogP) is 2.76. The lowest BCUT2D eigenvalue weighted by Gasteiger charge is -2.14. The van der Waals surface area contributed by atoms with Gasteiger partial charge in [0.05, 0.1) is 12.0 Å². The zero-order chi connectivity index (χ0) is 20.5. The average molecular weight is 518 g/mol. The second-order valence-corrected chi connectivity index (χ2v) is 6.48. The maximum absolute atomic E-state index is 11.8. The molecule has 158 valence electrons. The lowest BCUT2D eigenvalue weighted by atomic mass is 10.1. The molecule has 0 aliphatic heterocycles. The average Bonchev–Trinajstić information content (AvgIpc) is 3.30. The number of amides is 1. The molecule has 2 aromatic carbocycles. The first-order valence-corrected chi connectivity index (χ1v) is 9.53. The van der Waals surface area contributed by atoms with Crippen molar-refractivity contribution >= 4 is 35.8 Å². The van der Waals surface area contributed by atoms with Crippen molar-refractivity contribution in [3.05, 3.63) is 83.9 Å². The van der Waals surface area contributed by atoms with Crippen molar-refractivity contribution in [3.8, 4) is 5.69 Å². The lowest BCUT2D eigenvalue weighted by molar-refractivity contribution is 0.0963. The molecule has 0 atom stereocenters. The number of nitrogens with zero attached hydrogens (tertiary/aromatic N) is 3. The van der Waals surface area contributed by atoms with E-state index in [-0.39, 0.29) is 29.9 Å². The molecule has 1 amide bonds. The van der Waals surface area contributed by atoms with Crippen molar-refractivity contribution in [2.45, 2.75) is 13.0 Å². The number of hydrogen-bond donors (Lipinski definition) is 3. The van der Waals surface area contributed by atoms with E-state index in [0.29, 0.717) is 18.7 Å². The zero-order valence-corrected chi connectivity index (χ0v) is 19.5. The van der Waals surface area contributed by atoms with Crippen LogP contribution in [-0.2, 0) is 13.0 Å². The number of benzene rings is 2. The van der Waals surface area contributed by atoms with Gasteiger partial charge in [-0.3, -0.25) is 9.79 Å². The summed E-state index contributed by atoms with van der Waals surface area (Å²) in [5, 5.41) is 9.33. The fourth-order valence-corrected chi connectivity index (χ4v) is 3.05. The summed E-state index contributed by atoms with van der Waals surface area (Å²) < 4.78 is 1.99. The molecule has 8 heteroatoms. The van der Waals surface area contributed by atoms with Crippen LogP contribution < -0.4 is 16.0 Å². The van der Waals surface area contributed by atoms with Gasteiger partial charge in [-0.25, -0.2) is 4.98 Å². The molecule has 0 radical (unpaired) electrons. The molecule has 0 bridgehead atoms. The third kappa shape index (κ3) is 6.31. The van der Waals surface area contributed by atoms with E-state index < -0.39 is 0 Å². The fraction of sp³-hybridized carbons (Fsp3) is 0.227. The Labute approximate surface area is 194 Å². The molecule has 0 saturated heterocycles. The van der Waals surface area contributed by atoms with Gasteiger partial charge in [-0.2, -0.15) is 0 Å². The standard InChI is InChI=1S/C22H26N6O.HI/c1-23-21(29)18-8-5-6-17(14-18)10-11-26-22(24-2)27-15-19-7-3-4-9-20(19)28-13-12-25-16-28;/h3-9,12-14,16H,10-11,15H2,1-2H3,(H,23,29)(H2,24,26,27);1H. The smallest absolute Gasteiger partial charge is 0.251 e. The molecular formula is C22H27IN6O. The predicted molar refractivity (Wildman–Crippen MR) is 131 cm³/mol. The van der Waals surface area contributed by atoms with Crippen LogP contribution in [0.4, 0.5) is 0 Å². The first-order chi connectivity index (χ1) is 14.2. The minimum atomic E-state index is -0.0751. The third-order valence-electron chi connectivity index (χ3n) is 4.57. The van der Waals surface area contributed by atoms with Crippen molar-refractivity contribution in [3.63, 3.8) is 0 Å². The van der Waals surface area contributed by atoms with Gasteiger partial charge in [0, 0.05) is 45.1 Å². The number of halogens is 1. The van der Waals surface area contributed by atoms with Crippen LogP contribution in [0.2, 0.25) is 0 Å². The number of carbonyl (C=O) groups excluding carboxylic acids is 1. The highest BCUT2D eigenvalue weighted by molar-refractivity contribution is 14.0. The van der Waals surface area contributed by atoms with Crippen LogP contribution in [0, 0.1) is 0 Å². The van der Waals surface area contributed by atoms with E-state index in [1.165, 1.54) is 0 Å². The number of carbonyl (C=O) groups is 1. The van der Waals surface area contributed by atoms with Crippen LogP contribution in [-0.4, -0.2) is 42.1 Å². The number of para-hydroxylation sites is 1. The van der Waals surface area contributed by atoms with Crippen LogP contribution >= 0.6 is 24.0 Å². The Kier molecular flexibility index (Phi) is 9.33. The lowest BCUT2D eigenvalue weighted by Crippen LogP contribution is -2.38. The van der Waals surface area contributed by atoms with Gasteiger partial charge in [0.1, 0.15) is 0 Å². The minimum absolute atomic E-state index is 0. The largest absolute Gasteiger partial charge is 0.356 e. The van der Waals surface area contributed by atoms with Gasteiger partial charge in [-0.05, 0) is 35.7 Å². The third-order valence-corrected chi connectivity index (χ3v) is 4.57. The van der Waals surface area contributed by atoms with Crippen molar-refractivity contribution in [2.75, 3.05) is 20.6 Å². The number of aliphatic imine (C=N–C) groups is 1. The van der Waals surface area contributed by atoms with Crippen molar-refractivity contribution in [1.29, 1.82) is 0 Å². The van der Waals surface area contributed by atoms with Gasteiger partial charge in [-0.15, -0.1) is 24.0 Å². The highest BCUT2D eigenvalue weighted by Gasteiger charge is 2.06. The molecule has 0 fully saturated rings. The van der Waals surface area contributed by atoms with Crippen LogP contribution in [0.25, 0.3) is 5.69 Å². The molecule has 0 saturated carbocycles. The van der Waals surface area contributed by atoms with Crippen molar-refractivity contribution in [2.24, 2.45) is 4.99 Å². The maximum atomic E-state index is 11.8. The van der Waals surface area contributed by atoms with Crippen LogP contribution in [0.5, 0.6) is 0 Å². The molecular weight excluding hydrogens is 491 g/mol. The van der Waals surface area contributed by atoms with Crippen LogP contribution in [0.1, 0.15) is 21.5 Å². The summed E-state index contributed by atoms with van der Waals surface area (Å²) in [6, 6.07) is 15.8. The topological polar surface area (TPSA) is 83.3 Å². The Bertz CT molecular complexity index is 971. The number of guanidine groups is 1. The molecule has 3 N–H and O–H groups in total. The second kappa shape index (κ2) is 12.0. The summed E-state index contributed by atoms with van der Waals surface area (Å²) in [4.78, 5) is 20.2. The Morgan fingerprint density at radius 3 is 2.70 bits per heavy atom. The van der Waals surface area contributed by atoms with Gasteiger partial charge >= 0.3 is 0 Å². The summed E-state index contributed by atoms with van der Waals surface area (Å²) >= 11 is 0. The summed E-state index contributed by atoms with van der Waals surface area (Å²) in [6.45, 7) is 1.35. The molecule has 7 nitrogen and oxygen atoms in total. The normalized spacial score (nSPS) is 10.8. The minimum Gasteiger partial charge on any atom is -0.356 e. The summed E-state index contributed by atoms with van der Waals surface area (Å²) in [5.41, 5.74) is 3.99. The Hall–Kier alpha value is -2.88. The number of hydrogen-bond acceptors (Lipinski definition) is 3. The monoisotopic (exact) mass is 518 g/mol. The number of rotatable bonds is 7. The van der Waals surface area contributed by atoms with Gasteiger partial charge in [0.15, 0.2) is 5.96 Å². The molecule has 1 heterocycles. The van der Waals surface area contributed by atoms with E-state index in [4.69, 9.17) is 0 Å². The molecule has 0 aliphatic carbocycles. The summed E-state index contributed by atoms with van der Waals surface area (Å²) in [7, 11) is 3.39. The van der Waals surface area contributed by atoms with Crippen LogP contribution in [0.3, 0.4) is 0 Å². The zero-order valence-electron chi connectivity index (χ0n) is 17.1. The molecule has 0 unspecified atom stereocenters. The van der Waals surface area contributed by atoms with Gasteiger partial charge in [0.25, 0.3) is 5.91 Å². The summed E-state index contributed by atoms with van der Waals surface area (Å²) in [6.07, 6.45) is 6.28. The SMILES string of the molecule is CN=C(NCCc1cccc(C(=O)NC)c1)NCc1ccccc1-n1ccnc1.I. The van der Waals surface area contributed by atoms with E-state index in [1.807, 2.05) is 47.2 Å². The molecule has 0 spiro atoms. The van der Waals surface area contributed by atoms with Crippen LogP contribution in [0.15, 0.2) is 72.2 Å². The van der Waals surface area contributed by atoms with Crippen molar-refractivity contribution in [1.82, 2.24) is 25.5 Å². The summed E-state index contributed by atoms with van der Waals surface area (Å²) in [5.74, 6) is 0.654. The molecule has 3 rings (SSSR count). The van der Waals surface area contributed by atoms with Gasteiger partial charge < -0.3 is 20.5 Å². The van der Waals surface area contributed by atoms with E-state index in [0.717, 1.165) is 29.2 Å².